The van der Waals surface area contributed by atoms with Crippen LogP contribution in [0.5, 0.6) is 0 Å². The maximum Gasteiger partial charge on any atom is 0.196 e. The molecule has 0 amide bonds. The molecule has 0 spiro atoms. The van der Waals surface area contributed by atoms with Crippen molar-refractivity contribution < 1.29 is 0 Å². The van der Waals surface area contributed by atoms with Gasteiger partial charge in [0.1, 0.15) is 0 Å². The smallest absolute Gasteiger partial charge is 0.196 e. The zero-order valence-corrected chi connectivity index (χ0v) is 11.4. The third-order valence-electron chi connectivity index (χ3n) is 3.94. The Morgan fingerprint density at radius 2 is 2.26 bits per heavy atom. The van der Waals surface area contributed by atoms with Crippen LogP contribution >= 0.6 is 0 Å². The number of rotatable bonds is 2. The van der Waals surface area contributed by atoms with Gasteiger partial charge in [-0.25, -0.2) is 15.0 Å². The molecule has 0 bridgehead atoms. The number of aromatic nitrogens is 4. The third kappa shape index (κ3) is 2.14. The van der Waals surface area contributed by atoms with Crippen LogP contribution in [0.1, 0.15) is 23.4 Å². The van der Waals surface area contributed by atoms with Crippen molar-refractivity contribution in [2.45, 2.75) is 26.2 Å². The average Bonchev–Trinajstić information content (AvgIpc) is 2.84. The summed E-state index contributed by atoms with van der Waals surface area (Å²) in [5.41, 5.74) is 9.32. The van der Waals surface area contributed by atoms with Crippen molar-refractivity contribution >= 4 is 0 Å². The second kappa shape index (κ2) is 4.74. The van der Waals surface area contributed by atoms with E-state index in [-0.39, 0.29) is 0 Å². The Hall–Kier alpha value is -1.75. The number of hydrogen-bond acceptors (Lipinski definition) is 4. The van der Waals surface area contributed by atoms with Crippen molar-refractivity contribution in [1.82, 2.24) is 19.5 Å². The van der Waals surface area contributed by atoms with Crippen molar-refractivity contribution in [1.29, 1.82) is 0 Å². The van der Waals surface area contributed by atoms with Crippen molar-refractivity contribution in [3.05, 3.63) is 29.3 Å². The summed E-state index contributed by atoms with van der Waals surface area (Å²) in [4.78, 5) is 13.7. The summed E-state index contributed by atoms with van der Waals surface area (Å²) >= 11 is 0. The largest absolute Gasteiger partial charge is 0.331 e. The zero-order valence-electron chi connectivity index (χ0n) is 11.4. The van der Waals surface area contributed by atoms with Gasteiger partial charge in [-0.3, -0.25) is 0 Å². The van der Waals surface area contributed by atoms with Gasteiger partial charge in [-0.05, 0) is 44.2 Å². The first-order valence-corrected chi connectivity index (χ1v) is 6.73. The molecule has 0 fully saturated rings. The van der Waals surface area contributed by atoms with E-state index in [2.05, 4.69) is 16.9 Å². The van der Waals surface area contributed by atoms with E-state index in [1.165, 1.54) is 11.3 Å². The van der Waals surface area contributed by atoms with E-state index in [1.807, 2.05) is 17.8 Å². The van der Waals surface area contributed by atoms with Gasteiger partial charge in [-0.2, -0.15) is 0 Å². The molecule has 1 unspecified atom stereocenters. The average molecular weight is 257 g/mol. The van der Waals surface area contributed by atoms with Crippen molar-refractivity contribution in [2.24, 2.45) is 18.7 Å². The second-order valence-electron chi connectivity index (χ2n) is 5.26. The monoisotopic (exact) mass is 257 g/mol. The SMILES string of the molecule is Cc1nc(-c2nccn2C)nc2c1CC(CN)CC2. The Morgan fingerprint density at radius 1 is 1.42 bits per heavy atom. The molecular weight excluding hydrogens is 238 g/mol. The summed E-state index contributed by atoms with van der Waals surface area (Å²) in [5.74, 6) is 2.13. The molecule has 0 aromatic carbocycles. The topological polar surface area (TPSA) is 69.6 Å². The van der Waals surface area contributed by atoms with Crippen LogP contribution in [-0.4, -0.2) is 26.1 Å². The van der Waals surface area contributed by atoms with Crippen LogP contribution < -0.4 is 5.73 Å². The number of imidazole rings is 1. The summed E-state index contributed by atoms with van der Waals surface area (Å²) in [7, 11) is 1.96. The molecular formula is C14H19N5. The van der Waals surface area contributed by atoms with E-state index in [0.717, 1.165) is 43.1 Å². The fourth-order valence-electron chi connectivity index (χ4n) is 2.74. The number of aryl methyl sites for hydroxylation is 3. The van der Waals surface area contributed by atoms with E-state index < -0.39 is 0 Å². The van der Waals surface area contributed by atoms with Gasteiger partial charge in [-0.1, -0.05) is 0 Å². The lowest BCUT2D eigenvalue weighted by molar-refractivity contribution is 0.460. The molecule has 0 aliphatic heterocycles. The number of fused-ring (bicyclic) bond motifs is 1. The number of nitrogens with two attached hydrogens (primary N) is 1. The molecule has 2 heterocycles. The van der Waals surface area contributed by atoms with Gasteiger partial charge in [0.05, 0.1) is 0 Å². The third-order valence-corrected chi connectivity index (χ3v) is 3.94. The highest BCUT2D eigenvalue weighted by atomic mass is 15.1. The minimum atomic E-state index is 0.578. The van der Waals surface area contributed by atoms with Crippen molar-refractivity contribution in [2.75, 3.05) is 6.54 Å². The predicted molar refractivity (Wildman–Crippen MR) is 73.5 cm³/mol. The molecule has 0 radical (unpaired) electrons. The van der Waals surface area contributed by atoms with Crippen LogP contribution in [0, 0.1) is 12.8 Å². The summed E-state index contributed by atoms with van der Waals surface area (Å²) < 4.78 is 1.95. The Morgan fingerprint density at radius 3 is 2.95 bits per heavy atom. The van der Waals surface area contributed by atoms with Gasteiger partial charge in [0.2, 0.25) is 0 Å². The van der Waals surface area contributed by atoms with Crippen molar-refractivity contribution in [3.8, 4) is 11.6 Å². The standard InChI is InChI=1S/C14H19N5/c1-9-11-7-10(8-15)3-4-12(11)18-13(17-9)14-16-5-6-19(14)2/h5-6,10H,3-4,7-8,15H2,1-2H3. The highest BCUT2D eigenvalue weighted by Gasteiger charge is 2.22. The van der Waals surface area contributed by atoms with Crippen LogP contribution in [0.2, 0.25) is 0 Å². The van der Waals surface area contributed by atoms with E-state index in [0.29, 0.717) is 5.92 Å². The quantitative estimate of drug-likeness (QED) is 0.879. The molecule has 5 heteroatoms. The summed E-state index contributed by atoms with van der Waals surface area (Å²) in [6.45, 7) is 2.81. The van der Waals surface area contributed by atoms with Gasteiger partial charge in [0.15, 0.2) is 11.6 Å². The molecule has 1 aliphatic carbocycles. The van der Waals surface area contributed by atoms with E-state index in [9.17, 15) is 0 Å². The molecule has 1 aliphatic rings. The van der Waals surface area contributed by atoms with Crippen LogP contribution in [0.3, 0.4) is 0 Å². The minimum absolute atomic E-state index is 0.578. The first kappa shape index (κ1) is 12.3. The Balaban J connectivity index is 2.04. The Kier molecular flexibility index (Phi) is 3.06. The first-order valence-electron chi connectivity index (χ1n) is 6.73. The lowest BCUT2D eigenvalue weighted by Gasteiger charge is -2.24. The van der Waals surface area contributed by atoms with E-state index in [4.69, 9.17) is 10.7 Å². The van der Waals surface area contributed by atoms with Gasteiger partial charge in [-0.15, -0.1) is 0 Å². The predicted octanol–water partition coefficient (Wildman–Crippen LogP) is 1.25. The molecule has 1 atom stereocenters. The molecule has 0 saturated heterocycles. The lowest BCUT2D eigenvalue weighted by atomic mass is 9.86. The molecule has 3 rings (SSSR count). The molecule has 0 saturated carbocycles. The molecule has 2 N–H and O–H groups in total. The van der Waals surface area contributed by atoms with Gasteiger partial charge in [0, 0.05) is 30.8 Å². The highest BCUT2D eigenvalue weighted by molar-refractivity contribution is 5.46. The number of hydrogen-bond donors (Lipinski definition) is 1. The highest BCUT2D eigenvalue weighted by Crippen LogP contribution is 2.27. The minimum Gasteiger partial charge on any atom is -0.331 e. The van der Waals surface area contributed by atoms with Crippen LogP contribution in [0.4, 0.5) is 0 Å². The van der Waals surface area contributed by atoms with E-state index in [1.54, 1.807) is 6.20 Å². The fraction of sp³-hybridized carbons (Fsp3) is 0.500. The molecule has 19 heavy (non-hydrogen) atoms. The van der Waals surface area contributed by atoms with Crippen LogP contribution in [0.25, 0.3) is 11.6 Å². The maximum atomic E-state index is 5.78. The van der Waals surface area contributed by atoms with Gasteiger partial charge < -0.3 is 10.3 Å². The summed E-state index contributed by atoms with van der Waals surface area (Å²) in [6.07, 6.45) is 6.83. The van der Waals surface area contributed by atoms with Gasteiger partial charge >= 0.3 is 0 Å². The van der Waals surface area contributed by atoms with E-state index >= 15 is 0 Å². The molecule has 100 valence electrons. The Labute approximate surface area is 112 Å². The van der Waals surface area contributed by atoms with Crippen LogP contribution in [0.15, 0.2) is 12.4 Å². The summed E-state index contributed by atoms with van der Waals surface area (Å²) in [6, 6.07) is 0. The molecule has 2 aromatic heterocycles. The van der Waals surface area contributed by atoms with Crippen molar-refractivity contribution in [3.63, 3.8) is 0 Å². The second-order valence-corrected chi connectivity index (χ2v) is 5.26. The normalized spacial score (nSPS) is 18.4. The Bertz CT molecular complexity index is 602. The lowest BCUT2D eigenvalue weighted by Crippen LogP contribution is -2.24. The first-order chi connectivity index (χ1) is 9.19. The fourth-order valence-corrected chi connectivity index (χ4v) is 2.74. The maximum absolute atomic E-state index is 5.78. The van der Waals surface area contributed by atoms with Crippen LogP contribution in [-0.2, 0) is 19.9 Å². The number of nitrogens with zero attached hydrogens (tertiary/aromatic N) is 4. The molecule has 2 aromatic rings. The summed E-state index contributed by atoms with van der Waals surface area (Å²) in [5, 5.41) is 0. The zero-order chi connectivity index (χ0) is 13.4. The van der Waals surface area contributed by atoms with Gasteiger partial charge in [0.25, 0.3) is 0 Å². The molecule has 5 nitrogen and oxygen atoms in total.